The number of nitrogens with two attached hydrogens (primary N) is 2. The van der Waals surface area contributed by atoms with Crippen molar-refractivity contribution in [2.75, 3.05) is 10.6 Å². The molecule has 2 aromatic rings. The normalized spacial score (nSPS) is 11.3. The highest BCUT2D eigenvalue weighted by Gasteiger charge is 2.09. The number of benzene rings is 2. The van der Waals surface area contributed by atoms with E-state index in [-0.39, 0.29) is 55.1 Å². The number of carbonyl (C=O) groups is 4. The molecule has 3 amide bonds. The van der Waals surface area contributed by atoms with Gasteiger partial charge in [0.1, 0.15) is 5.84 Å². The number of amidine groups is 2. The van der Waals surface area contributed by atoms with Crippen molar-refractivity contribution in [3.63, 3.8) is 0 Å². The van der Waals surface area contributed by atoms with Crippen LogP contribution in [-0.4, -0.2) is 35.4 Å². The fourth-order valence-electron chi connectivity index (χ4n) is 3.20. The lowest BCUT2D eigenvalue weighted by Crippen LogP contribution is -2.17. The average Bonchev–Trinajstić information content (AvgIpc) is 2.94. The lowest BCUT2D eigenvalue weighted by Gasteiger charge is -2.08. The average molecular weight is 547 g/mol. The monoisotopic (exact) mass is 546 g/mol. The van der Waals surface area contributed by atoms with Gasteiger partial charge in [0.25, 0.3) is 0 Å². The van der Waals surface area contributed by atoms with Crippen LogP contribution in [0.1, 0.15) is 56.1 Å². The third-order valence-electron chi connectivity index (χ3n) is 5.34. The fourth-order valence-corrected chi connectivity index (χ4v) is 3.20. The molecule has 40 heavy (non-hydrogen) atoms. The minimum atomic E-state index is -0.516. The first-order valence-electron chi connectivity index (χ1n) is 12.6. The largest absolute Gasteiger partial charge is 0.383 e. The minimum absolute atomic E-state index is 0.0245. The van der Waals surface area contributed by atoms with Gasteiger partial charge in [-0.05, 0) is 67.8 Å². The molecule has 2 rings (SSSR count). The van der Waals surface area contributed by atoms with Crippen molar-refractivity contribution in [2.24, 2.45) is 21.6 Å². The SMILES string of the molecule is C=CCCC(=O)N=C(N)c1ccc(NC(=O)CCCC(=O)Nc2ccc(/C(N)=N\OC(=O)CCC=C)cc2)cc1. The minimum Gasteiger partial charge on any atom is -0.383 e. The zero-order valence-electron chi connectivity index (χ0n) is 22.2. The van der Waals surface area contributed by atoms with Gasteiger partial charge in [0.2, 0.25) is 17.7 Å². The Bertz CT molecular complexity index is 1270. The number of allylic oxidation sites excluding steroid dienone is 2. The van der Waals surface area contributed by atoms with E-state index in [4.69, 9.17) is 16.3 Å². The Morgan fingerprint density at radius 1 is 0.725 bits per heavy atom. The van der Waals surface area contributed by atoms with E-state index in [9.17, 15) is 19.2 Å². The molecule has 0 aliphatic heterocycles. The van der Waals surface area contributed by atoms with Gasteiger partial charge >= 0.3 is 5.97 Å². The van der Waals surface area contributed by atoms with Crippen molar-refractivity contribution in [1.82, 2.24) is 0 Å². The van der Waals surface area contributed by atoms with Gasteiger partial charge in [0.15, 0.2) is 5.84 Å². The highest BCUT2D eigenvalue weighted by molar-refractivity contribution is 6.04. The lowest BCUT2D eigenvalue weighted by molar-refractivity contribution is -0.143. The first-order chi connectivity index (χ1) is 19.2. The molecule has 0 bridgehead atoms. The summed E-state index contributed by atoms with van der Waals surface area (Å²) in [7, 11) is 0. The summed E-state index contributed by atoms with van der Waals surface area (Å²) in [6.07, 6.45) is 5.28. The van der Waals surface area contributed by atoms with E-state index in [0.717, 1.165) is 0 Å². The molecule has 0 saturated heterocycles. The van der Waals surface area contributed by atoms with Crippen LogP contribution >= 0.6 is 0 Å². The number of nitrogens with one attached hydrogen (secondary N) is 2. The van der Waals surface area contributed by atoms with Crippen LogP contribution in [0.4, 0.5) is 11.4 Å². The van der Waals surface area contributed by atoms with Crippen molar-refractivity contribution in [3.8, 4) is 0 Å². The number of hydrogen-bond acceptors (Lipinski definition) is 6. The Morgan fingerprint density at radius 2 is 1.20 bits per heavy atom. The summed E-state index contributed by atoms with van der Waals surface area (Å²) in [6, 6.07) is 13.2. The second kappa shape index (κ2) is 16.7. The van der Waals surface area contributed by atoms with E-state index in [1.54, 1.807) is 60.7 Å². The second-order valence-electron chi connectivity index (χ2n) is 8.59. The number of hydrogen-bond donors (Lipinski definition) is 4. The van der Waals surface area contributed by atoms with E-state index in [2.05, 4.69) is 33.9 Å². The van der Waals surface area contributed by atoms with Gasteiger partial charge in [-0.15, -0.1) is 13.2 Å². The summed E-state index contributed by atoms with van der Waals surface area (Å²) in [5.41, 5.74) is 13.9. The number of amides is 3. The Hall–Kier alpha value is -5.06. The molecule has 0 fully saturated rings. The zero-order chi connectivity index (χ0) is 29.3. The van der Waals surface area contributed by atoms with Gasteiger partial charge in [-0.3, -0.25) is 14.4 Å². The van der Waals surface area contributed by atoms with Gasteiger partial charge in [0.05, 0.1) is 6.42 Å². The van der Waals surface area contributed by atoms with Crippen LogP contribution in [0, 0.1) is 0 Å². The number of anilines is 2. The van der Waals surface area contributed by atoms with Crippen LogP contribution in [0.25, 0.3) is 0 Å². The maximum atomic E-state index is 12.3. The van der Waals surface area contributed by atoms with E-state index in [1.807, 2.05) is 0 Å². The molecule has 0 aliphatic carbocycles. The van der Waals surface area contributed by atoms with Crippen LogP contribution in [0.15, 0.2) is 84.0 Å². The van der Waals surface area contributed by atoms with Gasteiger partial charge in [-0.25, -0.2) is 4.79 Å². The second-order valence-corrected chi connectivity index (χ2v) is 8.59. The Balaban J connectivity index is 1.75. The van der Waals surface area contributed by atoms with Crippen molar-refractivity contribution >= 4 is 46.7 Å². The number of oxime groups is 1. The topological polar surface area (TPSA) is 178 Å². The fraction of sp³-hybridized carbons (Fsp3) is 0.241. The molecule has 0 spiro atoms. The Kier molecular flexibility index (Phi) is 13.0. The quantitative estimate of drug-likeness (QED) is 0.0863. The van der Waals surface area contributed by atoms with Gasteiger partial charge in [-0.2, -0.15) is 4.99 Å². The third kappa shape index (κ3) is 11.5. The van der Waals surface area contributed by atoms with E-state index in [0.29, 0.717) is 41.8 Å². The molecular formula is C29H34N6O5. The smallest absolute Gasteiger partial charge is 0.335 e. The molecule has 0 unspecified atom stereocenters. The standard InChI is InChI=1S/C29H34N6O5/c1-3-5-8-26(38)34-28(30)20-12-16-22(17-13-20)32-24(36)9-7-10-25(37)33-23-18-14-21(15-19-23)29(31)35-40-27(39)11-6-4-2/h3-4,12-19H,1-2,5-11H2,(H2,31,35)(H,32,36)(H,33,37)(H2,30,34,38). The maximum absolute atomic E-state index is 12.3. The summed E-state index contributed by atoms with van der Waals surface area (Å²) < 4.78 is 0. The molecule has 210 valence electrons. The molecule has 0 aromatic heterocycles. The van der Waals surface area contributed by atoms with Gasteiger partial charge in [-0.1, -0.05) is 17.3 Å². The van der Waals surface area contributed by atoms with Crippen LogP contribution in [0.5, 0.6) is 0 Å². The molecule has 0 radical (unpaired) electrons. The van der Waals surface area contributed by atoms with E-state index >= 15 is 0 Å². The molecule has 6 N–H and O–H groups in total. The summed E-state index contributed by atoms with van der Waals surface area (Å²) in [6.45, 7) is 7.09. The summed E-state index contributed by atoms with van der Waals surface area (Å²) in [4.78, 5) is 56.3. The molecule has 11 nitrogen and oxygen atoms in total. The molecular weight excluding hydrogens is 512 g/mol. The number of nitrogens with zero attached hydrogens (tertiary/aromatic N) is 2. The number of carbonyl (C=O) groups excluding carboxylic acids is 4. The van der Waals surface area contributed by atoms with Crippen molar-refractivity contribution in [2.45, 2.75) is 44.9 Å². The van der Waals surface area contributed by atoms with Crippen molar-refractivity contribution in [3.05, 3.63) is 85.0 Å². The third-order valence-corrected chi connectivity index (χ3v) is 5.34. The first kappa shape index (κ1) is 31.2. The van der Waals surface area contributed by atoms with Crippen LogP contribution in [-0.2, 0) is 24.0 Å². The first-order valence-corrected chi connectivity index (χ1v) is 12.6. The van der Waals surface area contributed by atoms with E-state index < -0.39 is 5.97 Å². The maximum Gasteiger partial charge on any atom is 0.335 e. The molecule has 0 saturated carbocycles. The molecule has 11 heteroatoms. The molecule has 0 atom stereocenters. The van der Waals surface area contributed by atoms with Crippen molar-refractivity contribution < 1.29 is 24.0 Å². The molecule has 0 heterocycles. The van der Waals surface area contributed by atoms with Crippen LogP contribution < -0.4 is 22.1 Å². The highest BCUT2D eigenvalue weighted by atomic mass is 16.7. The summed E-state index contributed by atoms with van der Waals surface area (Å²) >= 11 is 0. The lowest BCUT2D eigenvalue weighted by atomic mass is 10.1. The van der Waals surface area contributed by atoms with Gasteiger partial charge in [0, 0.05) is 41.8 Å². The van der Waals surface area contributed by atoms with E-state index in [1.165, 1.54) is 0 Å². The summed E-state index contributed by atoms with van der Waals surface area (Å²) in [5.74, 6) is -1.21. The molecule has 0 aliphatic rings. The molecule has 2 aromatic carbocycles. The predicted molar refractivity (Wildman–Crippen MR) is 155 cm³/mol. The Morgan fingerprint density at radius 3 is 1.70 bits per heavy atom. The number of rotatable bonds is 15. The predicted octanol–water partition coefficient (Wildman–Crippen LogP) is 3.76. The van der Waals surface area contributed by atoms with Crippen molar-refractivity contribution in [1.29, 1.82) is 0 Å². The van der Waals surface area contributed by atoms with Crippen LogP contribution in [0.3, 0.4) is 0 Å². The Labute approximate surface area is 233 Å². The number of aliphatic imine (C=N–C) groups is 1. The highest BCUT2D eigenvalue weighted by Crippen LogP contribution is 2.13. The zero-order valence-corrected chi connectivity index (χ0v) is 22.2. The van der Waals surface area contributed by atoms with Crippen LogP contribution in [0.2, 0.25) is 0 Å². The van der Waals surface area contributed by atoms with Gasteiger partial charge < -0.3 is 26.9 Å². The summed E-state index contributed by atoms with van der Waals surface area (Å²) in [5, 5.41) is 9.12.